The Morgan fingerprint density at radius 3 is 2.54 bits per heavy atom. The Kier molecular flexibility index (Phi) is 6.30. The number of piperidine rings is 1. The average molecular weight is 523 g/mol. The number of aromatic nitrogens is 3. The second-order valence-corrected chi connectivity index (χ2v) is 17.3. The zero-order chi connectivity index (χ0) is 25.1. The van der Waals surface area contributed by atoms with Gasteiger partial charge in [0.15, 0.2) is 19.3 Å². The number of hydrogen-bond acceptors (Lipinski definition) is 7. The maximum atomic E-state index is 15.0. The number of nitrogens with zero attached hydrogens (tertiary/aromatic N) is 4. The van der Waals surface area contributed by atoms with Crippen LogP contribution in [-0.4, -0.2) is 61.8 Å². The summed E-state index contributed by atoms with van der Waals surface area (Å²) in [7, 11) is -1.85. The lowest BCUT2D eigenvalue weighted by Crippen LogP contribution is -2.56. The third kappa shape index (κ3) is 4.89. The minimum absolute atomic E-state index is 0.0304. The first-order valence-corrected chi connectivity index (χ1v) is 15.9. The molecule has 192 valence electrons. The zero-order valence-corrected chi connectivity index (χ0v) is 23.2. The molecule has 2 aromatic rings. The molecule has 2 saturated heterocycles. The van der Waals surface area contributed by atoms with Crippen molar-refractivity contribution in [2.24, 2.45) is 5.41 Å². The molecule has 1 spiro atoms. The van der Waals surface area contributed by atoms with E-state index >= 15 is 4.39 Å². The molecule has 1 atom stereocenters. The van der Waals surface area contributed by atoms with Crippen LogP contribution < -0.4 is 9.64 Å². The van der Waals surface area contributed by atoms with Crippen LogP contribution in [0.15, 0.2) is 6.20 Å². The fraction of sp³-hybridized carbons (Fsp3) is 0.720. The molecule has 2 aliphatic heterocycles. The summed E-state index contributed by atoms with van der Waals surface area (Å²) in [5.41, 5.74) is -0.0209. The Labute approximate surface area is 212 Å². The van der Waals surface area contributed by atoms with Crippen LogP contribution in [0.2, 0.25) is 23.3 Å². The Hall–Kier alpha value is -1.55. The molecular weight excluding hydrogens is 487 g/mol. The van der Waals surface area contributed by atoms with E-state index in [9.17, 15) is 0 Å². The molecule has 5 rings (SSSR count). The predicted molar refractivity (Wildman–Crippen MR) is 137 cm³/mol. The van der Waals surface area contributed by atoms with Crippen LogP contribution >= 0.6 is 11.6 Å². The second kappa shape index (κ2) is 8.78. The summed E-state index contributed by atoms with van der Waals surface area (Å²) in [5, 5.41) is 0.492. The van der Waals surface area contributed by atoms with E-state index in [1.165, 1.54) is 0 Å². The molecule has 4 heterocycles. The number of ether oxygens (including phenoxy) is 2. The number of anilines is 1. The molecule has 3 aliphatic rings. The Morgan fingerprint density at radius 1 is 1.17 bits per heavy atom. The fourth-order valence-corrected chi connectivity index (χ4v) is 5.81. The highest BCUT2D eigenvalue weighted by atomic mass is 35.5. The van der Waals surface area contributed by atoms with Crippen LogP contribution in [0.5, 0.6) is 6.01 Å². The van der Waals surface area contributed by atoms with Crippen molar-refractivity contribution in [2.45, 2.75) is 76.6 Å². The molecule has 3 fully saturated rings. The van der Waals surface area contributed by atoms with Crippen molar-refractivity contribution in [1.29, 1.82) is 0 Å². The van der Waals surface area contributed by atoms with E-state index in [-0.39, 0.29) is 32.7 Å². The lowest BCUT2D eigenvalue weighted by atomic mass is 9.86. The third-order valence-corrected chi connectivity index (χ3v) is 13.2. The fourth-order valence-electron chi connectivity index (χ4n) is 4.57. The molecule has 0 aromatic carbocycles. The molecule has 35 heavy (non-hydrogen) atoms. The van der Waals surface area contributed by atoms with Gasteiger partial charge >= 0.3 is 6.01 Å². The van der Waals surface area contributed by atoms with Gasteiger partial charge in [-0.25, -0.2) is 9.37 Å². The lowest BCUT2D eigenvalue weighted by molar-refractivity contribution is -0.151. The highest BCUT2D eigenvalue weighted by molar-refractivity contribution is 6.74. The van der Waals surface area contributed by atoms with Gasteiger partial charge in [-0.1, -0.05) is 32.4 Å². The van der Waals surface area contributed by atoms with Gasteiger partial charge in [0.2, 0.25) is 0 Å². The highest BCUT2D eigenvalue weighted by Crippen LogP contribution is 2.48. The standard InChI is InChI=1S/C25H36ClFN4O3Si/c1-23(2,3)35(4,5)34-16-24(8-9-24)15-32-22-29-19-17(13-28-20(26)18(19)27)21(30-22)31-11-6-7-25(14-31)10-12-33-25/h13H,6-12,14-16H2,1-5H3/t25-/m0/s1. The van der Waals surface area contributed by atoms with E-state index in [0.717, 1.165) is 45.3 Å². The molecular formula is C25H36ClFN4O3Si. The Bertz CT molecular complexity index is 1120. The van der Waals surface area contributed by atoms with Gasteiger partial charge in [-0.05, 0) is 43.8 Å². The largest absolute Gasteiger partial charge is 0.463 e. The van der Waals surface area contributed by atoms with E-state index in [1.807, 2.05) is 0 Å². The van der Waals surface area contributed by atoms with Gasteiger partial charge in [-0.2, -0.15) is 9.97 Å². The molecule has 1 saturated carbocycles. The maximum absolute atomic E-state index is 15.0. The number of pyridine rings is 1. The zero-order valence-electron chi connectivity index (χ0n) is 21.4. The van der Waals surface area contributed by atoms with E-state index in [1.54, 1.807) is 6.20 Å². The topological polar surface area (TPSA) is 69.6 Å². The van der Waals surface area contributed by atoms with Crippen molar-refractivity contribution in [3.05, 3.63) is 17.2 Å². The van der Waals surface area contributed by atoms with Crippen LogP contribution in [0.25, 0.3) is 10.9 Å². The van der Waals surface area contributed by atoms with Crippen LogP contribution in [0.1, 0.15) is 52.9 Å². The summed E-state index contributed by atoms with van der Waals surface area (Å²) in [4.78, 5) is 15.3. The normalized spacial score (nSPS) is 24.0. The lowest BCUT2D eigenvalue weighted by Gasteiger charge is -2.48. The van der Waals surface area contributed by atoms with E-state index in [0.29, 0.717) is 31.0 Å². The van der Waals surface area contributed by atoms with E-state index < -0.39 is 14.1 Å². The summed E-state index contributed by atoms with van der Waals surface area (Å²) < 4.78 is 33.6. The minimum atomic E-state index is -1.85. The van der Waals surface area contributed by atoms with E-state index in [4.69, 9.17) is 30.5 Å². The molecule has 0 radical (unpaired) electrons. The number of hydrogen-bond donors (Lipinski definition) is 0. The molecule has 0 amide bonds. The predicted octanol–water partition coefficient (Wildman–Crippen LogP) is 5.76. The van der Waals surface area contributed by atoms with Gasteiger partial charge in [0.1, 0.15) is 11.3 Å². The summed E-state index contributed by atoms with van der Waals surface area (Å²) in [5.74, 6) is -0.0170. The first-order valence-electron chi connectivity index (χ1n) is 12.6. The quantitative estimate of drug-likeness (QED) is 0.338. The summed E-state index contributed by atoms with van der Waals surface area (Å²) >= 11 is 6.00. The number of halogens is 2. The van der Waals surface area contributed by atoms with Gasteiger partial charge < -0.3 is 18.8 Å². The van der Waals surface area contributed by atoms with Crippen molar-refractivity contribution in [3.63, 3.8) is 0 Å². The molecule has 1 aliphatic carbocycles. The first kappa shape index (κ1) is 25.1. The summed E-state index contributed by atoms with van der Waals surface area (Å²) in [6.45, 7) is 14.7. The first-order chi connectivity index (χ1) is 16.4. The monoisotopic (exact) mass is 522 g/mol. The van der Waals surface area contributed by atoms with Crippen molar-refractivity contribution in [1.82, 2.24) is 15.0 Å². The Morgan fingerprint density at radius 2 is 1.91 bits per heavy atom. The van der Waals surface area contributed by atoms with Crippen LogP contribution in [-0.2, 0) is 9.16 Å². The SMILES string of the molecule is CC(C)(C)[Si](C)(C)OCC1(COc2nc(N3CCC[C@]4(CCO4)C3)c3cnc(Cl)c(F)c3n2)CC1. The van der Waals surface area contributed by atoms with Gasteiger partial charge in [-0.3, -0.25) is 0 Å². The summed E-state index contributed by atoms with van der Waals surface area (Å²) in [6, 6.07) is 0.168. The van der Waals surface area contributed by atoms with Gasteiger partial charge in [0.25, 0.3) is 0 Å². The molecule has 2 aromatic heterocycles. The third-order valence-electron chi connectivity index (χ3n) is 8.42. The van der Waals surface area contributed by atoms with Crippen LogP contribution in [0.3, 0.4) is 0 Å². The van der Waals surface area contributed by atoms with Gasteiger partial charge in [0.05, 0.1) is 24.2 Å². The maximum Gasteiger partial charge on any atom is 0.319 e. The number of rotatable bonds is 7. The Balaban J connectivity index is 1.38. The van der Waals surface area contributed by atoms with Crippen molar-refractivity contribution in [3.8, 4) is 6.01 Å². The molecule has 0 unspecified atom stereocenters. The molecule has 0 N–H and O–H groups in total. The van der Waals surface area contributed by atoms with Crippen molar-refractivity contribution in [2.75, 3.05) is 37.8 Å². The van der Waals surface area contributed by atoms with Crippen molar-refractivity contribution < 1.29 is 18.3 Å². The average Bonchev–Trinajstić information content (AvgIpc) is 3.57. The molecule has 7 nitrogen and oxygen atoms in total. The molecule has 10 heteroatoms. The molecule has 0 bridgehead atoms. The summed E-state index contributed by atoms with van der Waals surface area (Å²) in [6.07, 6.45) is 6.68. The van der Waals surface area contributed by atoms with Gasteiger partial charge in [0, 0.05) is 37.7 Å². The minimum Gasteiger partial charge on any atom is -0.463 e. The van der Waals surface area contributed by atoms with Gasteiger partial charge in [-0.15, -0.1) is 0 Å². The van der Waals surface area contributed by atoms with Crippen LogP contribution in [0, 0.1) is 11.2 Å². The second-order valence-electron chi connectivity index (χ2n) is 12.1. The number of fused-ring (bicyclic) bond motifs is 1. The highest BCUT2D eigenvalue weighted by Gasteiger charge is 2.47. The van der Waals surface area contributed by atoms with Crippen LogP contribution in [0.4, 0.5) is 10.2 Å². The van der Waals surface area contributed by atoms with Crippen molar-refractivity contribution >= 4 is 36.6 Å². The van der Waals surface area contributed by atoms with E-state index in [2.05, 4.69) is 48.7 Å². The smallest absolute Gasteiger partial charge is 0.319 e.